The van der Waals surface area contributed by atoms with E-state index in [1.165, 1.54) is 18.3 Å². The smallest absolute Gasteiger partial charge is 0.417 e. The van der Waals surface area contributed by atoms with Gasteiger partial charge in [-0.05, 0) is 73.2 Å². The molecule has 0 aliphatic carbocycles. The van der Waals surface area contributed by atoms with Crippen LogP contribution in [-0.4, -0.2) is 22.8 Å². The molecule has 42 heavy (non-hydrogen) atoms. The van der Waals surface area contributed by atoms with E-state index in [1.807, 2.05) is 12.3 Å². The zero-order chi connectivity index (χ0) is 30.4. The number of hydrogen-bond donors (Lipinski definition) is 4. The van der Waals surface area contributed by atoms with Crippen LogP contribution in [0.1, 0.15) is 32.0 Å². The molecule has 1 aromatic heterocycles. The van der Waals surface area contributed by atoms with Crippen molar-refractivity contribution in [1.82, 2.24) is 15.8 Å². The van der Waals surface area contributed by atoms with Crippen LogP contribution < -0.4 is 26.2 Å². The number of aromatic nitrogens is 1. The lowest BCUT2D eigenvalue weighted by Gasteiger charge is -2.12. The van der Waals surface area contributed by atoms with Gasteiger partial charge in [0.05, 0.1) is 10.6 Å². The molecule has 0 saturated heterocycles. The Balaban J connectivity index is 1.32. The summed E-state index contributed by atoms with van der Waals surface area (Å²) in [5.41, 5.74) is 4.30. The number of carbonyl (C=O) groups excluding carboxylic acids is 3. The molecule has 0 aliphatic heterocycles. The third kappa shape index (κ3) is 7.89. The summed E-state index contributed by atoms with van der Waals surface area (Å²) in [6, 6.07) is 16.4. The Labute approximate surface area is 247 Å². The first-order valence-corrected chi connectivity index (χ1v) is 12.7. The van der Waals surface area contributed by atoms with E-state index >= 15 is 0 Å². The molecule has 1 heterocycles. The van der Waals surface area contributed by atoms with Gasteiger partial charge in [-0.25, -0.2) is 4.79 Å². The van der Waals surface area contributed by atoms with Crippen molar-refractivity contribution in [1.29, 1.82) is 0 Å². The monoisotopic (exact) mass is 617 g/mol. The number of rotatable bonds is 6. The zero-order valence-electron chi connectivity index (χ0n) is 21.5. The summed E-state index contributed by atoms with van der Waals surface area (Å²) in [5.74, 6) is -1.24. The highest BCUT2D eigenvalue weighted by atomic mass is 35.5. The van der Waals surface area contributed by atoms with Gasteiger partial charge in [0, 0.05) is 34.2 Å². The molecule has 0 aliphatic rings. The van der Waals surface area contributed by atoms with E-state index < -0.39 is 34.6 Å². The Hall–Kier alpha value is -4.81. The minimum absolute atomic E-state index is 0.147. The van der Waals surface area contributed by atoms with Crippen LogP contribution in [0.5, 0.6) is 11.5 Å². The van der Waals surface area contributed by atoms with Gasteiger partial charge in [0.2, 0.25) is 0 Å². The van der Waals surface area contributed by atoms with Gasteiger partial charge < -0.3 is 15.4 Å². The number of nitrogens with zero attached hydrogens (tertiary/aromatic N) is 1. The van der Waals surface area contributed by atoms with E-state index in [1.54, 1.807) is 42.5 Å². The molecule has 0 radical (unpaired) electrons. The molecule has 4 aromatic rings. The van der Waals surface area contributed by atoms with Crippen molar-refractivity contribution in [2.24, 2.45) is 0 Å². The number of aryl methyl sites for hydroxylation is 1. The Morgan fingerprint density at radius 2 is 1.43 bits per heavy atom. The molecule has 216 valence electrons. The molecule has 0 unspecified atom stereocenters. The van der Waals surface area contributed by atoms with Gasteiger partial charge in [-0.1, -0.05) is 29.3 Å². The molecule has 9 nitrogen and oxygen atoms in total. The summed E-state index contributed by atoms with van der Waals surface area (Å²) < 4.78 is 44.9. The first kappa shape index (κ1) is 30.2. The number of halogens is 5. The number of anilines is 2. The van der Waals surface area contributed by atoms with Crippen molar-refractivity contribution in [3.8, 4) is 11.5 Å². The summed E-state index contributed by atoms with van der Waals surface area (Å²) in [4.78, 5) is 40.9. The van der Waals surface area contributed by atoms with Crippen LogP contribution in [-0.2, 0) is 6.18 Å². The van der Waals surface area contributed by atoms with Crippen LogP contribution >= 0.6 is 23.2 Å². The maximum Gasteiger partial charge on any atom is 0.417 e. The molecule has 0 fully saturated rings. The zero-order valence-corrected chi connectivity index (χ0v) is 23.0. The van der Waals surface area contributed by atoms with Crippen molar-refractivity contribution < 1.29 is 32.3 Å². The number of nitrogens with one attached hydrogen (secondary N) is 4. The Morgan fingerprint density at radius 3 is 2.12 bits per heavy atom. The predicted octanol–water partition coefficient (Wildman–Crippen LogP) is 7.23. The summed E-state index contributed by atoms with van der Waals surface area (Å²) in [6.07, 6.45) is -3.47. The average Bonchev–Trinajstić information content (AvgIpc) is 2.94. The second kappa shape index (κ2) is 12.8. The van der Waals surface area contributed by atoms with Gasteiger partial charge in [-0.15, -0.1) is 0 Å². The van der Waals surface area contributed by atoms with Crippen LogP contribution in [0.4, 0.5) is 29.3 Å². The highest BCUT2D eigenvalue weighted by Crippen LogP contribution is 2.35. The van der Waals surface area contributed by atoms with E-state index in [9.17, 15) is 27.6 Å². The topological polar surface area (TPSA) is 121 Å². The molecule has 0 bridgehead atoms. The Bertz CT molecular complexity index is 1650. The van der Waals surface area contributed by atoms with Crippen molar-refractivity contribution in [2.75, 3.05) is 10.6 Å². The number of hydrogen-bond acceptors (Lipinski definition) is 5. The van der Waals surface area contributed by atoms with Crippen molar-refractivity contribution in [3.63, 3.8) is 0 Å². The van der Waals surface area contributed by atoms with Gasteiger partial charge in [0.15, 0.2) is 0 Å². The highest BCUT2D eigenvalue weighted by molar-refractivity contribution is 6.32. The number of hydrazine groups is 1. The predicted molar refractivity (Wildman–Crippen MR) is 151 cm³/mol. The van der Waals surface area contributed by atoms with Crippen LogP contribution in [0.2, 0.25) is 10.0 Å². The number of alkyl halides is 3. The Kier molecular flexibility index (Phi) is 9.18. The van der Waals surface area contributed by atoms with Gasteiger partial charge in [-0.2, -0.15) is 13.2 Å². The standard InChI is InChI=1S/C28H20Cl2F3N5O4/c1-15-2-4-18(13-23(15)30)36-27(41)35-17-5-7-19(8-6-17)42-20-10-11-34-24(14-20)26(40)38-37-25(39)16-3-9-22(29)21(12-16)28(31,32)33/h2-14H,1H3,(H,37,39)(H,38,40)(H2,35,36,41). The maximum absolute atomic E-state index is 13.1. The van der Waals surface area contributed by atoms with Crippen molar-refractivity contribution in [2.45, 2.75) is 13.1 Å². The van der Waals surface area contributed by atoms with E-state index in [0.29, 0.717) is 28.2 Å². The average molecular weight is 618 g/mol. The lowest BCUT2D eigenvalue weighted by Crippen LogP contribution is -2.42. The number of amides is 4. The molecule has 0 spiro atoms. The van der Waals surface area contributed by atoms with Crippen LogP contribution in [0.3, 0.4) is 0 Å². The number of ether oxygens (including phenoxy) is 1. The molecule has 4 N–H and O–H groups in total. The van der Waals surface area contributed by atoms with E-state index in [2.05, 4.69) is 21.0 Å². The second-order valence-corrected chi connectivity index (χ2v) is 9.46. The molecular weight excluding hydrogens is 598 g/mol. The molecule has 4 rings (SSSR count). The SMILES string of the molecule is Cc1ccc(NC(=O)Nc2ccc(Oc3ccnc(C(=O)NNC(=O)c4ccc(Cl)c(C(F)(F)F)c4)c3)cc2)cc1Cl. The van der Waals surface area contributed by atoms with Crippen molar-refractivity contribution >= 4 is 52.4 Å². The molecule has 0 atom stereocenters. The molecular formula is C28H20Cl2F3N5O4. The van der Waals surface area contributed by atoms with E-state index in [-0.39, 0.29) is 17.0 Å². The summed E-state index contributed by atoms with van der Waals surface area (Å²) in [7, 11) is 0. The summed E-state index contributed by atoms with van der Waals surface area (Å²) in [6.45, 7) is 1.85. The third-order valence-corrected chi connectivity index (χ3v) is 6.30. The third-order valence-electron chi connectivity index (χ3n) is 5.57. The van der Waals surface area contributed by atoms with Crippen LogP contribution in [0, 0.1) is 6.92 Å². The fourth-order valence-electron chi connectivity index (χ4n) is 3.44. The number of carbonyl (C=O) groups is 3. The van der Waals surface area contributed by atoms with Gasteiger partial charge in [-0.3, -0.25) is 25.4 Å². The van der Waals surface area contributed by atoms with Gasteiger partial charge in [0.25, 0.3) is 11.8 Å². The minimum Gasteiger partial charge on any atom is -0.457 e. The number of pyridine rings is 1. The van der Waals surface area contributed by atoms with Gasteiger partial charge in [0.1, 0.15) is 17.2 Å². The highest BCUT2D eigenvalue weighted by Gasteiger charge is 2.33. The normalized spacial score (nSPS) is 10.9. The molecule has 3 aromatic carbocycles. The fourth-order valence-corrected chi connectivity index (χ4v) is 3.84. The lowest BCUT2D eigenvalue weighted by atomic mass is 10.1. The first-order valence-electron chi connectivity index (χ1n) is 11.9. The summed E-state index contributed by atoms with van der Waals surface area (Å²) >= 11 is 11.6. The Morgan fingerprint density at radius 1 is 0.762 bits per heavy atom. The molecule has 14 heteroatoms. The van der Waals surface area contributed by atoms with Gasteiger partial charge >= 0.3 is 12.2 Å². The maximum atomic E-state index is 13.1. The van der Waals surface area contributed by atoms with E-state index in [4.69, 9.17) is 27.9 Å². The molecule has 0 saturated carbocycles. The number of urea groups is 1. The second-order valence-electron chi connectivity index (χ2n) is 8.65. The summed E-state index contributed by atoms with van der Waals surface area (Å²) in [5, 5.41) is 5.32. The minimum atomic E-state index is -4.76. The first-order chi connectivity index (χ1) is 19.9. The van der Waals surface area contributed by atoms with Crippen molar-refractivity contribution in [3.05, 3.63) is 111 Å². The largest absolute Gasteiger partial charge is 0.457 e. The van der Waals surface area contributed by atoms with Crippen LogP contribution in [0.25, 0.3) is 0 Å². The lowest BCUT2D eigenvalue weighted by molar-refractivity contribution is -0.137. The van der Waals surface area contributed by atoms with Crippen LogP contribution in [0.15, 0.2) is 79.0 Å². The van der Waals surface area contributed by atoms with E-state index in [0.717, 1.165) is 17.7 Å². The quantitative estimate of drug-likeness (QED) is 0.170. The molecule has 4 amide bonds. The fraction of sp³-hybridized carbons (Fsp3) is 0.0714. The number of benzene rings is 3.